The fourth-order valence-electron chi connectivity index (χ4n) is 3.14. The second-order valence-corrected chi connectivity index (χ2v) is 10.4. The van der Waals surface area contributed by atoms with Gasteiger partial charge in [-0.15, -0.1) is 11.3 Å². The van der Waals surface area contributed by atoms with E-state index in [0.29, 0.717) is 39.5 Å². The quantitative estimate of drug-likeness (QED) is 0.545. The highest BCUT2D eigenvalue weighted by atomic mass is 35.5. The molecule has 1 amide bonds. The molecule has 2 aromatic carbocycles. The highest BCUT2D eigenvalue weighted by Gasteiger charge is 2.27. The van der Waals surface area contributed by atoms with Crippen LogP contribution in [0.2, 0.25) is 10.0 Å². The molecule has 0 spiro atoms. The number of halogens is 2. The van der Waals surface area contributed by atoms with Crippen molar-refractivity contribution in [3.63, 3.8) is 0 Å². The summed E-state index contributed by atoms with van der Waals surface area (Å²) < 4.78 is 26.7. The van der Waals surface area contributed by atoms with Crippen LogP contribution < -0.4 is 5.32 Å². The summed E-state index contributed by atoms with van der Waals surface area (Å²) in [6, 6.07) is 11.1. The second kappa shape index (κ2) is 8.64. The van der Waals surface area contributed by atoms with Crippen LogP contribution >= 0.6 is 34.5 Å². The Morgan fingerprint density at radius 1 is 1.03 bits per heavy atom. The largest absolute Gasteiger partial charge is 0.298 e. The van der Waals surface area contributed by atoms with Crippen LogP contribution in [0.5, 0.6) is 0 Å². The van der Waals surface area contributed by atoms with Crippen molar-refractivity contribution in [1.82, 2.24) is 9.29 Å². The Kier molecular flexibility index (Phi) is 6.13. The molecule has 1 fully saturated rings. The highest BCUT2D eigenvalue weighted by Crippen LogP contribution is 2.30. The van der Waals surface area contributed by atoms with Crippen molar-refractivity contribution in [3.8, 4) is 11.3 Å². The van der Waals surface area contributed by atoms with Crippen molar-refractivity contribution < 1.29 is 13.2 Å². The number of amides is 1. The van der Waals surface area contributed by atoms with Gasteiger partial charge in [-0.1, -0.05) is 29.3 Å². The molecular formula is C20H17Cl2N3O3S2. The zero-order chi connectivity index (χ0) is 21.3. The Labute approximate surface area is 188 Å². The van der Waals surface area contributed by atoms with Crippen LogP contribution in [0.3, 0.4) is 0 Å². The molecule has 0 aliphatic carbocycles. The van der Waals surface area contributed by atoms with E-state index in [0.717, 1.165) is 18.4 Å². The zero-order valence-corrected chi connectivity index (χ0v) is 18.8. The number of sulfonamides is 1. The minimum Gasteiger partial charge on any atom is -0.298 e. The lowest BCUT2D eigenvalue weighted by atomic mass is 10.2. The summed E-state index contributed by atoms with van der Waals surface area (Å²) in [6.45, 7) is 1.07. The fraction of sp³-hybridized carbons (Fsp3) is 0.200. The van der Waals surface area contributed by atoms with E-state index in [1.807, 2.05) is 0 Å². The number of benzene rings is 2. The first-order chi connectivity index (χ1) is 14.3. The van der Waals surface area contributed by atoms with E-state index in [-0.39, 0.29) is 10.8 Å². The maximum Gasteiger partial charge on any atom is 0.257 e. The zero-order valence-electron chi connectivity index (χ0n) is 15.6. The van der Waals surface area contributed by atoms with E-state index in [2.05, 4.69) is 10.3 Å². The molecule has 4 rings (SSSR count). The number of nitrogens with zero attached hydrogens (tertiary/aromatic N) is 2. The van der Waals surface area contributed by atoms with Gasteiger partial charge in [0.05, 0.1) is 20.6 Å². The third-order valence-corrected chi connectivity index (χ3v) is 8.17. The molecule has 1 N–H and O–H groups in total. The molecule has 10 heteroatoms. The van der Waals surface area contributed by atoms with Gasteiger partial charge in [0.1, 0.15) is 0 Å². The van der Waals surface area contributed by atoms with Crippen molar-refractivity contribution in [1.29, 1.82) is 0 Å². The average Bonchev–Trinajstić information content (AvgIpc) is 3.43. The smallest absolute Gasteiger partial charge is 0.257 e. The first-order valence-electron chi connectivity index (χ1n) is 9.17. The molecular weight excluding hydrogens is 465 g/mol. The molecule has 6 nitrogen and oxygen atoms in total. The molecule has 1 aliphatic heterocycles. The molecule has 0 atom stereocenters. The van der Waals surface area contributed by atoms with Crippen LogP contribution in [-0.4, -0.2) is 36.7 Å². The first kappa shape index (κ1) is 21.3. The molecule has 0 unspecified atom stereocenters. The summed E-state index contributed by atoms with van der Waals surface area (Å²) >= 11 is 13.3. The number of anilines is 1. The van der Waals surface area contributed by atoms with E-state index in [1.54, 1.807) is 23.6 Å². The molecule has 156 valence electrons. The molecule has 0 saturated carbocycles. The Balaban J connectivity index is 1.46. The lowest BCUT2D eigenvalue weighted by Crippen LogP contribution is -2.27. The summed E-state index contributed by atoms with van der Waals surface area (Å²) in [5.41, 5.74) is 1.81. The van der Waals surface area contributed by atoms with Crippen molar-refractivity contribution >= 4 is 55.6 Å². The SMILES string of the molecule is O=C(Nc1nc(-c2ccc(Cl)c(Cl)c2)cs1)c1ccc(S(=O)(=O)N2CCCC2)cc1. The van der Waals surface area contributed by atoms with Gasteiger partial charge in [0.25, 0.3) is 5.91 Å². The molecule has 0 radical (unpaired) electrons. The van der Waals surface area contributed by atoms with Gasteiger partial charge in [-0.25, -0.2) is 13.4 Å². The van der Waals surface area contributed by atoms with Gasteiger partial charge >= 0.3 is 0 Å². The number of thiazole rings is 1. The van der Waals surface area contributed by atoms with Crippen LogP contribution in [0.15, 0.2) is 52.7 Å². The van der Waals surface area contributed by atoms with Crippen molar-refractivity contribution in [3.05, 3.63) is 63.5 Å². The summed E-state index contributed by atoms with van der Waals surface area (Å²) in [5.74, 6) is -0.366. The lowest BCUT2D eigenvalue weighted by Gasteiger charge is -2.15. The first-order valence-corrected chi connectivity index (χ1v) is 12.2. The Morgan fingerprint density at radius 2 is 1.73 bits per heavy atom. The van der Waals surface area contributed by atoms with Crippen LogP contribution in [0.4, 0.5) is 5.13 Å². The van der Waals surface area contributed by atoms with Gasteiger partial charge in [-0.3, -0.25) is 10.1 Å². The Morgan fingerprint density at radius 3 is 2.40 bits per heavy atom. The van der Waals surface area contributed by atoms with Crippen LogP contribution in [0.1, 0.15) is 23.2 Å². The predicted octanol–water partition coefficient (Wildman–Crippen LogP) is 5.15. The topological polar surface area (TPSA) is 79.4 Å². The molecule has 3 aromatic rings. The van der Waals surface area contributed by atoms with Crippen LogP contribution in [0, 0.1) is 0 Å². The third kappa shape index (κ3) is 4.38. The van der Waals surface area contributed by atoms with Gasteiger partial charge < -0.3 is 0 Å². The molecule has 30 heavy (non-hydrogen) atoms. The van der Waals surface area contributed by atoms with E-state index in [9.17, 15) is 13.2 Å². The number of rotatable bonds is 5. The van der Waals surface area contributed by atoms with Crippen molar-refractivity contribution in [2.24, 2.45) is 0 Å². The second-order valence-electron chi connectivity index (χ2n) is 6.76. The van der Waals surface area contributed by atoms with Crippen LogP contribution in [0.25, 0.3) is 11.3 Å². The number of carbonyl (C=O) groups excluding carboxylic acids is 1. The lowest BCUT2D eigenvalue weighted by molar-refractivity contribution is 0.102. The molecule has 1 aromatic heterocycles. The monoisotopic (exact) mass is 481 g/mol. The fourth-order valence-corrected chi connectivity index (χ4v) is 5.67. The maximum absolute atomic E-state index is 12.6. The molecule has 0 bridgehead atoms. The van der Waals surface area contributed by atoms with Gasteiger partial charge in [0.15, 0.2) is 5.13 Å². The van der Waals surface area contributed by atoms with Gasteiger partial charge in [-0.05, 0) is 49.2 Å². The molecule has 2 heterocycles. The van der Waals surface area contributed by atoms with Crippen LogP contribution in [-0.2, 0) is 10.0 Å². The van der Waals surface area contributed by atoms with E-state index >= 15 is 0 Å². The van der Waals surface area contributed by atoms with Crippen molar-refractivity contribution in [2.45, 2.75) is 17.7 Å². The number of hydrogen-bond donors (Lipinski definition) is 1. The van der Waals surface area contributed by atoms with E-state index in [1.165, 1.54) is 39.9 Å². The van der Waals surface area contributed by atoms with Gasteiger partial charge in [0, 0.05) is 29.6 Å². The molecule has 1 saturated heterocycles. The predicted molar refractivity (Wildman–Crippen MR) is 120 cm³/mol. The maximum atomic E-state index is 12.6. The summed E-state index contributed by atoms with van der Waals surface area (Å²) in [4.78, 5) is 17.1. The van der Waals surface area contributed by atoms with E-state index in [4.69, 9.17) is 23.2 Å². The Bertz CT molecular complexity index is 1190. The van der Waals surface area contributed by atoms with Gasteiger partial charge in [-0.2, -0.15) is 4.31 Å². The number of carbonyl (C=O) groups is 1. The summed E-state index contributed by atoms with van der Waals surface area (Å²) in [5, 5.41) is 5.85. The summed E-state index contributed by atoms with van der Waals surface area (Å²) in [6.07, 6.45) is 1.75. The van der Waals surface area contributed by atoms with Gasteiger partial charge in [0.2, 0.25) is 10.0 Å². The highest BCUT2D eigenvalue weighted by molar-refractivity contribution is 7.89. The molecule has 1 aliphatic rings. The Hall–Kier alpha value is -1.97. The summed E-state index contributed by atoms with van der Waals surface area (Å²) in [7, 11) is -3.50. The van der Waals surface area contributed by atoms with E-state index < -0.39 is 10.0 Å². The average molecular weight is 482 g/mol. The third-order valence-electron chi connectivity index (χ3n) is 4.76. The number of hydrogen-bond acceptors (Lipinski definition) is 5. The number of aromatic nitrogens is 1. The number of nitrogens with one attached hydrogen (secondary N) is 1. The van der Waals surface area contributed by atoms with Crippen molar-refractivity contribution in [2.75, 3.05) is 18.4 Å². The standard InChI is InChI=1S/C20H17Cl2N3O3S2/c21-16-8-5-14(11-17(16)22)18-12-29-20(23-18)24-19(26)13-3-6-15(7-4-13)30(27,28)25-9-1-2-10-25/h3-8,11-12H,1-2,9-10H2,(H,23,24,26). The normalized spacial score (nSPS) is 14.7. The minimum atomic E-state index is -3.50. The minimum absolute atomic E-state index is 0.192.